The van der Waals surface area contributed by atoms with Crippen LogP contribution in [0.25, 0.3) is 0 Å². The molecule has 3 rings (SSSR count). The van der Waals surface area contributed by atoms with Crippen molar-refractivity contribution in [2.24, 2.45) is 11.8 Å². The zero-order valence-electron chi connectivity index (χ0n) is 19.0. The summed E-state index contributed by atoms with van der Waals surface area (Å²) in [4.78, 5) is 27.6. The molecule has 172 valence electrons. The highest BCUT2D eigenvalue weighted by molar-refractivity contribution is 7.89. The molecule has 1 N–H and O–H groups in total. The monoisotopic (exact) mass is 456 g/mol. The average molecular weight is 457 g/mol. The van der Waals surface area contributed by atoms with E-state index in [4.69, 9.17) is 0 Å². The van der Waals surface area contributed by atoms with Crippen LogP contribution in [0.3, 0.4) is 0 Å². The molecular formula is C25H32N2O4S. The minimum absolute atomic E-state index is 0.0809. The molecule has 1 aliphatic rings. The maximum Gasteiger partial charge on any atom is 0.253 e. The third kappa shape index (κ3) is 5.84. The van der Waals surface area contributed by atoms with Crippen LogP contribution >= 0.6 is 0 Å². The van der Waals surface area contributed by atoms with E-state index in [-0.39, 0.29) is 22.5 Å². The van der Waals surface area contributed by atoms with Gasteiger partial charge in [-0.1, -0.05) is 45.0 Å². The third-order valence-electron chi connectivity index (χ3n) is 5.78. The highest BCUT2D eigenvalue weighted by Gasteiger charge is 2.28. The second kappa shape index (κ2) is 10.4. The second-order valence-corrected chi connectivity index (χ2v) is 10.5. The van der Waals surface area contributed by atoms with E-state index < -0.39 is 10.0 Å². The summed E-state index contributed by atoms with van der Waals surface area (Å²) in [5, 5.41) is 0. The molecule has 0 radical (unpaired) electrons. The SMILES string of the molecule is CCNS(=O)(=O)c1ccc(C(=O)N2CCC(C(=O)c3ccc(CC(C)C)cc3)CC2)cc1. The Balaban J connectivity index is 1.58. The number of ketones is 1. The first-order chi connectivity index (χ1) is 15.2. The topological polar surface area (TPSA) is 83.6 Å². The Morgan fingerprint density at radius 2 is 1.53 bits per heavy atom. The maximum atomic E-state index is 12.9. The van der Waals surface area contributed by atoms with E-state index in [1.165, 1.54) is 17.7 Å². The van der Waals surface area contributed by atoms with Crippen molar-refractivity contribution in [3.8, 4) is 0 Å². The molecular weight excluding hydrogens is 424 g/mol. The molecule has 6 nitrogen and oxygen atoms in total. The van der Waals surface area contributed by atoms with Gasteiger partial charge in [-0.3, -0.25) is 9.59 Å². The van der Waals surface area contributed by atoms with Gasteiger partial charge in [0.15, 0.2) is 5.78 Å². The molecule has 0 atom stereocenters. The van der Waals surface area contributed by atoms with Crippen molar-refractivity contribution in [2.45, 2.75) is 44.9 Å². The number of sulfonamides is 1. The number of hydrogen-bond acceptors (Lipinski definition) is 4. The highest BCUT2D eigenvalue weighted by atomic mass is 32.2. The number of carbonyl (C=O) groups is 2. The molecule has 0 aliphatic carbocycles. The Kier molecular flexibility index (Phi) is 7.85. The van der Waals surface area contributed by atoms with Crippen LogP contribution in [0.4, 0.5) is 0 Å². The molecule has 7 heteroatoms. The quantitative estimate of drug-likeness (QED) is 0.611. The number of nitrogens with one attached hydrogen (secondary N) is 1. The van der Waals surface area contributed by atoms with Crippen molar-refractivity contribution >= 4 is 21.7 Å². The Labute approximate surface area is 191 Å². The first-order valence-electron chi connectivity index (χ1n) is 11.2. The summed E-state index contributed by atoms with van der Waals surface area (Å²) in [6.45, 7) is 7.39. The Bertz CT molecular complexity index is 1040. The number of amides is 1. The number of Topliss-reactive ketones (excluding diaryl/α,β-unsaturated/α-hetero) is 1. The van der Waals surface area contributed by atoms with Gasteiger partial charge in [0.2, 0.25) is 10.0 Å². The number of nitrogens with zero attached hydrogens (tertiary/aromatic N) is 1. The predicted octanol–water partition coefficient (Wildman–Crippen LogP) is 3.92. The van der Waals surface area contributed by atoms with Crippen LogP contribution in [-0.4, -0.2) is 44.6 Å². The minimum atomic E-state index is -3.54. The van der Waals surface area contributed by atoms with E-state index >= 15 is 0 Å². The van der Waals surface area contributed by atoms with Crippen molar-refractivity contribution in [2.75, 3.05) is 19.6 Å². The van der Waals surface area contributed by atoms with Crippen molar-refractivity contribution in [3.63, 3.8) is 0 Å². The molecule has 1 fully saturated rings. The summed E-state index contributed by atoms with van der Waals surface area (Å²) in [6, 6.07) is 13.9. The molecule has 1 amide bonds. The lowest BCUT2D eigenvalue weighted by Gasteiger charge is -2.31. The Morgan fingerprint density at radius 1 is 0.969 bits per heavy atom. The fourth-order valence-electron chi connectivity index (χ4n) is 4.09. The largest absolute Gasteiger partial charge is 0.339 e. The van der Waals surface area contributed by atoms with Gasteiger partial charge in [-0.25, -0.2) is 13.1 Å². The Morgan fingerprint density at radius 3 is 2.06 bits per heavy atom. The first kappa shape index (κ1) is 24.1. The van der Waals surface area contributed by atoms with E-state index in [9.17, 15) is 18.0 Å². The lowest BCUT2D eigenvalue weighted by atomic mass is 9.88. The van der Waals surface area contributed by atoms with Gasteiger partial charge < -0.3 is 4.90 Å². The lowest BCUT2D eigenvalue weighted by Crippen LogP contribution is -2.40. The Hall–Kier alpha value is -2.51. The van der Waals surface area contributed by atoms with Crippen LogP contribution in [0.2, 0.25) is 0 Å². The number of carbonyl (C=O) groups excluding carboxylic acids is 2. The number of hydrogen-bond donors (Lipinski definition) is 1. The van der Waals surface area contributed by atoms with E-state index in [1.54, 1.807) is 24.0 Å². The summed E-state index contributed by atoms with van der Waals surface area (Å²) in [5.74, 6) is 0.502. The van der Waals surface area contributed by atoms with Crippen LogP contribution in [0.15, 0.2) is 53.4 Å². The van der Waals surface area contributed by atoms with Crippen LogP contribution in [0.1, 0.15) is 59.9 Å². The van der Waals surface area contributed by atoms with Crippen LogP contribution in [0.5, 0.6) is 0 Å². The van der Waals surface area contributed by atoms with Gasteiger partial charge in [0.1, 0.15) is 0 Å². The molecule has 0 bridgehead atoms. The fraction of sp³-hybridized carbons (Fsp3) is 0.440. The van der Waals surface area contributed by atoms with E-state index in [1.807, 2.05) is 24.3 Å². The molecule has 2 aromatic rings. The molecule has 0 unspecified atom stereocenters. The van der Waals surface area contributed by atoms with Gasteiger partial charge in [0, 0.05) is 36.7 Å². The van der Waals surface area contributed by atoms with Crippen LogP contribution < -0.4 is 4.72 Å². The van der Waals surface area contributed by atoms with Crippen molar-refractivity contribution < 1.29 is 18.0 Å². The number of likely N-dealkylation sites (tertiary alicyclic amines) is 1. The summed E-state index contributed by atoms with van der Waals surface area (Å²) < 4.78 is 26.6. The van der Waals surface area contributed by atoms with E-state index in [2.05, 4.69) is 18.6 Å². The molecule has 0 spiro atoms. The van der Waals surface area contributed by atoms with Crippen molar-refractivity contribution in [3.05, 3.63) is 65.2 Å². The van der Waals surface area contributed by atoms with E-state index in [0.717, 1.165) is 12.0 Å². The second-order valence-electron chi connectivity index (χ2n) is 8.75. The van der Waals surface area contributed by atoms with Crippen molar-refractivity contribution in [1.29, 1.82) is 0 Å². The molecule has 32 heavy (non-hydrogen) atoms. The summed E-state index contributed by atoms with van der Waals surface area (Å²) >= 11 is 0. The molecule has 1 aliphatic heterocycles. The zero-order valence-corrected chi connectivity index (χ0v) is 19.8. The third-order valence-corrected chi connectivity index (χ3v) is 7.34. The normalized spacial score (nSPS) is 15.2. The van der Waals surface area contributed by atoms with Gasteiger partial charge in [-0.15, -0.1) is 0 Å². The minimum Gasteiger partial charge on any atom is -0.339 e. The first-order valence-corrected chi connectivity index (χ1v) is 12.7. The summed E-state index contributed by atoms with van der Waals surface area (Å²) in [5.41, 5.74) is 2.42. The summed E-state index contributed by atoms with van der Waals surface area (Å²) in [6.07, 6.45) is 2.26. The fourth-order valence-corrected chi connectivity index (χ4v) is 5.13. The predicted molar refractivity (Wildman–Crippen MR) is 125 cm³/mol. The van der Waals surface area contributed by atoms with Crippen molar-refractivity contribution in [1.82, 2.24) is 9.62 Å². The van der Waals surface area contributed by atoms with Crippen LogP contribution in [0, 0.1) is 11.8 Å². The van der Waals surface area contributed by atoms with Gasteiger partial charge in [-0.2, -0.15) is 0 Å². The zero-order chi connectivity index (χ0) is 23.3. The number of piperidine rings is 1. The maximum absolute atomic E-state index is 12.9. The van der Waals surface area contributed by atoms with Gasteiger partial charge in [-0.05, 0) is 55.0 Å². The summed E-state index contributed by atoms with van der Waals surface area (Å²) in [7, 11) is -3.54. The highest BCUT2D eigenvalue weighted by Crippen LogP contribution is 2.24. The lowest BCUT2D eigenvalue weighted by molar-refractivity contribution is 0.0650. The molecule has 1 heterocycles. The number of benzene rings is 2. The smallest absolute Gasteiger partial charge is 0.253 e. The molecule has 2 aromatic carbocycles. The molecule has 1 saturated heterocycles. The van der Waals surface area contributed by atoms with Gasteiger partial charge in [0.05, 0.1) is 4.90 Å². The van der Waals surface area contributed by atoms with Crippen LogP contribution in [-0.2, 0) is 16.4 Å². The standard InChI is InChI=1S/C25H32N2O4S/c1-4-26-32(30,31)23-11-9-22(10-12-23)25(29)27-15-13-21(14-16-27)24(28)20-7-5-19(6-8-20)17-18(2)3/h5-12,18,21,26H,4,13-17H2,1-3H3. The van der Waals surface area contributed by atoms with Gasteiger partial charge >= 0.3 is 0 Å². The van der Waals surface area contributed by atoms with Gasteiger partial charge in [0.25, 0.3) is 5.91 Å². The molecule has 0 aromatic heterocycles. The number of rotatable bonds is 8. The van der Waals surface area contributed by atoms with E-state index in [0.29, 0.717) is 44.0 Å². The molecule has 0 saturated carbocycles. The average Bonchev–Trinajstić information content (AvgIpc) is 2.78.